The van der Waals surface area contributed by atoms with Crippen molar-refractivity contribution in [2.75, 3.05) is 19.4 Å². The zero-order chi connectivity index (χ0) is 20.3. The van der Waals surface area contributed by atoms with Gasteiger partial charge in [0.15, 0.2) is 0 Å². The fourth-order valence-electron chi connectivity index (χ4n) is 2.79. The number of imide groups is 1. The first-order valence-corrected chi connectivity index (χ1v) is 9.31. The lowest BCUT2D eigenvalue weighted by atomic mass is 9.95. The molecule has 3 rings (SSSR count). The number of amides is 3. The lowest BCUT2D eigenvalue weighted by Crippen LogP contribution is -2.37. The Morgan fingerprint density at radius 1 is 1.07 bits per heavy atom. The molecule has 1 heterocycles. The average Bonchev–Trinajstić information content (AvgIpc) is 2.61. The summed E-state index contributed by atoms with van der Waals surface area (Å²) in [5.74, 6) is -0.969. The number of hydrogen-bond donors (Lipinski definition) is 3. The van der Waals surface area contributed by atoms with E-state index in [1.54, 1.807) is 43.5 Å². The lowest BCUT2D eigenvalue weighted by Gasteiger charge is -2.18. The van der Waals surface area contributed by atoms with Crippen LogP contribution in [0.5, 0.6) is 0 Å². The number of anilines is 1. The minimum Gasteiger partial charge on any atom is -0.361 e. The number of benzene rings is 2. The van der Waals surface area contributed by atoms with E-state index in [2.05, 4.69) is 32.0 Å². The second-order valence-electron chi connectivity index (χ2n) is 6.48. The third-order valence-electron chi connectivity index (χ3n) is 4.04. The molecule has 0 aromatic heterocycles. The standard InChI is InChI=1S/C20H19BrN4O3/c1-25(2)24-18(26)9-12-3-6-14(7-4-12)22-11-17-16-10-13(21)5-8-15(16)19(27)23-20(17)28/h3-8,10-11,22H,9H2,1-2H3,(H,24,26)(H,23,27,28). The summed E-state index contributed by atoms with van der Waals surface area (Å²) in [6, 6.07) is 12.5. The Kier molecular flexibility index (Phi) is 5.91. The minimum atomic E-state index is -0.458. The van der Waals surface area contributed by atoms with E-state index in [0.717, 1.165) is 15.7 Å². The molecule has 3 amide bonds. The Balaban J connectivity index is 1.76. The third kappa shape index (κ3) is 4.65. The molecule has 0 saturated carbocycles. The molecule has 0 bridgehead atoms. The van der Waals surface area contributed by atoms with E-state index in [-0.39, 0.29) is 12.3 Å². The van der Waals surface area contributed by atoms with E-state index in [1.807, 2.05) is 24.3 Å². The molecule has 1 aliphatic rings. The normalized spacial score (nSPS) is 14.6. The monoisotopic (exact) mass is 442 g/mol. The van der Waals surface area contributed by atoms with Crippen molar-refractivity contribution in [3.05, 3.63) is 69.8 Å². The number of hydrogen-bond acceptors (Lipinski definition) is 5. The van der Waals surface area contributed by atoms with Gasteiger partial charge >= 0.3 is 0 Å². The molecule has 2 aromatic carbocycles. The van der Waals surface area contributed by atoms with Crippen LogP contribution in [0.1, 0.15) is 21.5 Å². The predicted octanol–water partition coefficient (Wildman–Crippen LogP) is 2.31. The number of rotatable bonds is 5. The highest BCUT2D eigenvalue weighted by atomic mass is 79.9. The molecule has 0 saturated heterocycles. The Bertz CT molecular complexity index is 968. The van der Waals surface area contributed by atoms with Crippen molar-refractivity contribution in [2.24, 2.45) is 0 Å². The molecule has 0 spiro atoms. The van der Waals surface area contributed by atoms with Gasteiger partial charge in [0.05, 0.1) is 12.0 Å². The fraction of sp³-hybridized carbons (Fsp3) is 0.150. The van der Waals surface area contributed by atoms with Crippen LogP contribution in [-0.4, -0.2) is 36.8 Å². The summed E-state index contributed by atoms with van der Waals surface area (Å²) in [7, 11) is 3.51. The summed E-state index contributed by atoms with van der Waals surface area (Å²) < 4.78 is 0.778. The zero-order valence-electron chi connectivity index (χ0n) is 15.4. The van der Waals surface area contributed by atoms with Crippen LogP contribution < -0.4 is 16.1 Å². The van der Waals surface area contributed by atoms with Gasteiger partial charge in [0.1, 0.15) is 0 Å². The topological polar surface area (TPSA) is 90.5 Å². The summed E-state index contributed by atoms with van der Waals surface area (Å²) in [6.07, 6.45) is 1.84. The molecule has 0 radical (unpaired) electrons. The van der Waals surface area contributed by atoms with E-state index in [1.165, 1.54) is 0 Å². The van der Waals surface area contributed by atoms with E-state index < -0.39 is 11.8 Å². The maximum absolute atomic E-state index is 12.3. The second kappa shape index (κ2) is 8.37. The van der Waals surface area contributed by atoms with Crippen LogP contribution >= 0.6 is 15.9 Å². The van der Waals surface area contributed by atoms with Crippen LogP contribution in [0.3, 0.4) is 0 Å². The molecular formula is C20H19BrN4O3. The van der Waals surface area contributed by atoms with Gasteiger partial charge in [-0.05, 0) is 35.9 Å². The molecule has 3 N–H and O–H groups in total. The van der Waals surface area contributed by atoms with Crippen molar-refractivity contribution in [1.82, 2.24) is 15.8 Å². The number of nitrogens with zero attached hydrogens (tertiary/aromatic N) is 1. The van der Waals surface area contributed by atoms with Crippen molar-refractivity contribution in [1.29, 1.82) is 0 Å². The highest BCUT2D eigenvalue weighted by molar-refractivity contribution is 9.10. The summed E-state index contributed by atoms with van der Waals surface area (Å²) in [5.41, 5.74) is 5.68. The maximum atomic E-state index is 12.3. The zero-order valence-corrected chi connectivity index (χ0v) is 17.0. The van der Waals surface area contributed by atoms with Crippen molar-refractivity contribution in [2.45, 2.75) is 6.42 Å². The van der Waals surface area contributed by atoms with Crippen molar-refractivity contribution in [3.8, 4) is 0 Å². The van der Waals surface area contributed by atoms with Gasteiger partial charge in [-0.2, -0.15) is 0 Å². The smallest absolute Gasteiger partial charge is 0.260 e. The summed E-state index contributed by atoms with van der Waals surface area (Å²) in [4.78, 5) is 36.0. The number of nitrogens with one attached hydrogen (secondary N) is 3. The van der Waals surface area contributed by atoms with Crippen LogP contribution in [0.4, 0.5) is 5.69 Å². The molecular weight excluding hydrogens is 424 g/mol. The summed E-state index contributed by atoms with van der Waals surface area (Å²) in [6.45, 7) is 0. The number of carbonyl (C=O) groups excluding carboxylic acids is 3. The molecule has 0 unspecified atom stereocenters. The van der Waals surface area contributed by atoms with E-state index >= 15 is 0 Å². The van der Waals surface area contributed by atoms with Gasteiger partial charge in [-0.3, -0.25) is 25.1 Å². The molecule has 1 aliphatic heterocycles. The average molecular weight is 443 g/mol. The third-order valence-corrected chi connectivity index (χ3v) is 4.53. The van der Waals surface area contributed by atoms with E-state index in [0.29, 0.717) is 16.7 Å². The van der Waals surface area contributed by atoms with Crippen molar-refractivity contribution >= 4 is 44.9 Å². The Labute approximate surface area is 170 Å². The molecule has 8 heteroatoms. The Hall–Kier alpha value is -2.97. The quantitative estimate of drug-likeness (QED) is 0.375. The van der Waals surface area contributed by atoms with Gasteiger partial charge < -0.3 is 5.32 Å². The molecule has 0 atom stereocenters. The van der Waals surface area contributed by atoms with Crippen LogP contribution in [0.15, 0.2) is 53.1 Å². The highest BCUT2D eigenvalue weighted by Gasteiger charge is 2.27. The Morgan fingerprint density at radius 3 is 2.46 bits per heavy atom. The lowest BCUT2D eigenvalue weighted by molar-refractivity contribution is -0.124. The van der Waals surface area contributed by atoms with Crippen LogP contribution in [0.25, 0.3) is 5.57 Å². The van der Waals surface area contributed by atoms with Gasteiger partial charge in [-0.15, -0.1) is 0 Å². The first-order valence-electron chi connectivity index (χ1n) is 8.51. The van der Waals surface area contributed by atoms with Crippen LogP contribution in [0.2, 0.25) is 0 Å². The minimum absolute atomic E-state index is 0.0986. The SMILES string of the molecule is CN(C)NC(=O)Cc1ccc(NC=C2C(=O)NC(=O)c3ccc(Br)cc32)cc1. The molecule has 2 aromatic rings. The highest BCUT2D eigenvalue weighted by Crippen LogP contribution is 2.27. The van der Waals surface area contributed by atoms with Crippen molar-refractivity contribution in [3.63, 3.8) is 0 Å². The molecule has 28 heavy (non-hydrogen) atoms. The van der Waals surface area contributed by atoms with Crippen LogP contribution in [-0.2, 0) is 16.0 Å². The first-order chi connectivity index (χ1) is 13.3. The number of carbonyl (C=O) groups is 3. The summed E-state index contributed by atoms with van der Waals surface area (Å²) in [5, 5.41) is 7.01. The van der Waals surface area contributed by atoms with Gasteiger partial charge in [0.25, 0.3) is 11.8 Å². The molecule has 7 nitrogen and oxygen atoms in total. The van der Waals surface area contributed by atoms with Gasteiger partial charge in [-0.25, -0.2) is 5.01 Å². The van der Waals surface area contributed by atoms with E-state index in [9.17, 15) is 14.4 Å². The van der Waals surface area contributed by atoms with Gasteiger partial charge in [-0.1, -0.05) is 28.1 Å². The Morgan fingerprint density at radius 2 is 1.79 bits per heavy atom. The first kappa shape index (κ1) is 19.8. The van der Waals surface area contributed by atoms with Crippen LogP contribution in [0, 0.1) is 0 Å². The number of hydrazine groups is 1. The predicted molar refractivity (Wildman–Crippen MR) is 110 cm³/mol. The molecule has 144 valence electrons. The largest absolute Gasteiger partial charge is 0.361 e. The fourth-order valence-corrected chi connectivity index (χ4v) is 3.15. The van der Waals surface area contributed by atoms with E-state index in [4.69, 9.17) is 0 Å². The van der Waals surface area contributed by atoms with Gasteiger partial charge in [0.2, 0.25) is 5.91 Å². The molecule has 0 fully saturated rings. The summed E-state index contributed by atoms with van der Waals surface area (Å²) >= 11 is 3.37. The number of halogens is 1. The van der Waals surface area contributed by atoms with Gasteiger partial charge in [0, 0.05) is 41.6 Å². The maximum Gasteiger partial charge on any atom is 0.260 e. The van der Waals surface area contributed by atoms with Crippen molar-refractivity contribution < 1.29 is 14.4 Å². The molecule has 0 aliphatic carbocycles. The second-order valence-corrected chi connectivity index (χ2v) is 7.39. The number of fused-ring (bicyclic) bond motifs is 1.